The number of rotatable bonds is 4. The first-order valence-corrected chi connectivity index (χ1v) is 7.44. The molecule has 0 heterocycles. The lowest BCUT2D eigenvalue weighted by Gasteiger charge is -2.08. The van der Waals surface area contributed by atoms with E-state index in [0.717, 1.165) is 6.07 Å². The molecule has 0 unspecified atom stereocenters. The van der Waals surface area contributed by atoms with Gasteiger partial charge in [0.1, 0.15) is 4.90 Å². The van der Waals surface area contributed by atoms with E-state index in [2.05, 4.69) is 0 Å². The number of hydrogen-bond acceptors (Lipinski definition) is 6. The minimum Gasteiger partial charge on any atom is -0.372 e. The van der Waals surface area contributed by atoms with Crippen LogP contribution in [0.2, 0.25) is 0 Å². The third kappa shape index (κ3) is 3.21. The van der Waals surface area contributed by atoms with Crippen LogP contribution in [0.3, 0.4) is 0 Å². The van der Waals surface area contributed by atoms with Gasteiger partial charge in [-0.1, -0.05) is 12.1 Å². The molecule has 0 saturated heterocycles. The lowest BCUT2D eigenvalue weighted by atomic mass is 10.2. The molecule has 0 amide bonds. The molecule has 0 aliphatic heterocycles. The van der Waals surface area contributed by atoms with Crippen molar-refractivity contribution in [2.45, 2.75) is 11.8 Å². The van der Waals surface area contributed by atoms with Gasteiger partial charge in [0.05, 0.1) is 16.6 Å². The van der Waals surface area contributed by atoms with Gasteiger partial charge in [0, 0.05) is 6.07 Å². The number of benzene rings is 2. The summed E-state index contributed by atoms with van der Waals surface area (Å²) >= 11 is 0. The molecular weight excluding hydrogens is 308 g/mol. The summed E-state index contributed by atoms with van der Waals surface area (Å²) in [6, 6.07) is 11.0. The molecule has 0 spiro atoms. The molecule has 0 atom stereocenters. The van der Waals surface area contributed by atoms with Gasteiger partial charge in [-0.3, -0.25) is 10.1 Å². The molecule has 2 aromatic carbocycles. The highest BCUT2D eigenvalue weighted by molar-refractivity contribution is 7.87. The maximum absolute atomic E-state index is 12.2. The molecule has 0 aliphatic rings. The zero-order chi connectivity index (χ0) is 16.3. The minimum atomic E-state index is -4.27. The molecule has 0 aliphatic carbocycles. The zero-order valence-electron chi connectivity index (χ0n) is 11.4. The molecule has 0 radical (unpaired) electrons. The number of nitrogens with zero attached hydrogens (tertiary/aromatic N) is 2. The Morgan fingerprint density at radius 1 is 1.23 bits per heavy atom. The molecule has 0 aromatic heterocycles. The quantitative estimate of drug-likeness (QED) is 0.486. The van der Waals surface area contributed by atoms with Gasteiger partial charge in [0.2, 0.25) is 5.75 Å². The van der Waals surface area contributed by atoms with Crippen LogP contribution in [-0.2, 0) is 10.1 Å². The van der Waals surface area contributed by atoms with Crippen LogP contribution in [0.4, 0.5) is 5.69 Å². The van der Waals surface area contributed by atoms with Gasteiger partial charge in [-0.15, -0.1) is 0 Å². The van der Waals surface area contributed by atoms with Gasteiger partial charge in [0.25, 0.3) is 0 Å². The van der Waals surface area contributed by atoms with Crippen molar-refractivity contribution < 1.29 is 17.5 Å². The minimum absolute atomic E-state index is 0.142. The van der Waals surface area contributed by atoms with Crippen molar-refractivity contribution in [3.05, 3.63) is 63.7 Å². The number of aryl methyl sites for hydroxylation is 1. The SMILES string of the molecule is Cc1ccc(OS(=O)(=O)c2cccc(C#N)c2)c([N+](=O)[O-])c1. The summed E-state index contributed by atoms with van der Waals surface area (Å²) < 4.78 is 29.2. The van der Waals surface area contributed by atoms with E-state index in [0.29, 0.717) is 5.56 Å². The maximum Gasteiger partial charge on any atom is 0.339 e. The molecule has 7 nitrogen and oxygen atoms in total. The van der Waals surface area contributed by atoms with E-state index in [-0.39, 0.29) is 16.2 Å². The van der Waals surface area contributed by atoms with Crippen LogP contribution in [-0.4, -0.2) is 13.3 Å². The number of nitro groups is 1. The molecule has 8 heteroatoms. The first-order chi connectivity index (χ1) is 10.3. The van der Waals surface area contributed by atoms with E-state index in [1.165, 1.54) is 36.4 Å². The Hall–Kier alpha value is -2.92. The monoisotopic (exact) mass is 318 g/mol. The molecule has 0 fully saturated rings. The lowest BCUT2D eigenvalue weighted by Crippen LogP contribution is -2.11. The Bertz CT molecular complexity index is 884. The fraction of sp³-hybridized carbons (Fsp3) is 0.0714. The summed E-state index contributed by atoms with van der Waals surface area (Å²) in [7, 11) is -4.27. The van der Waals surface area contributed by atoms with Crippen LogP contribution < -0.4 is 4.18 Å². The van der Waals surface area contributed by atoms with Gasteiger partial charge >= 0.3 is 15.8 Å². The second-order valence-corrected chi connectivity index (χ2v) is 5.95. The highest BCUT2D eigenvalue weighted by Crippen LogP contribution is 2.30. The molecule has 0 N–H and O–H groups in total. The Balaban J connectivity index is 2.45. The summed E-state index contributed by atoms with van der Waals surface area (Å²) in [4.78, 5) is 10.0. The standard InChI is InChI=1S/C14H10N2O5S/c1-10-5-6-14(13(7-10)16(17)18)21-22(19,20)12-4-2-3-11(8-12)9-15/h2-8H,1H3. The molecule has 112 valence electrons. The number of hydrogen-bond donors (Lipinski definition) is 0. The van der Waals surface area contributed by atoms with E-state index in [4.69, 9.17) is 9.44 Å². The van der Waals surface area contributed by atoms with Gasteiger partial charge in [-0.25, -0.2) is 0 Å². The van der Waals surface area contributed by atoms with Crippen molar-refractivity contribution in [3.8, 4) is 11.8 Å². The predicted molar refractivity (Wildman–Crippen MR) is 76.8 cm³/mol. The smallest absolute Gasteiger partial charge is 0.339 e. The van der Waals surface area contributed by atoms with Crippen LogP contribution in [0.1, 0.15) is 11.1 Å². The van der Waals surface area contributed by atoms with Crippen LogP contribution in [0.25, 0.3) is 0 Å². The van der Waals surface area contributed by atoms with E-state index < -0.39 is 20.7 Å². The number of nitriles is 1. The molecule has 22 heavy (non-hydrogen) atoms. The average Bonchev–Trinajstić information content (AvgIpc) is 2.48. The maximum atomic E-state index is 12.2. The first kappa shape index (κ1) is 15.5. The Labute approximate surface area is 126 Å². The average molecular weight is 318 g/mol. The highest BCUT2D eigenvalue weighted by atomic mass is 32.2. The molecule has 0 bridgehead atoms. The highest BCUT2D eigenvalue weighted by Gasteiger charge is 2.23. The van der Waals surface area contributed by atoms with Crippen molar-refractivity contribution in [1.29, 1.82) is 5.26 Å². The molecular formula is C14H10N2O5S. The Morgan fingerprint density at radius 2 is 1.95 bits per heavy atom. The van der Waals surface area contributed by atoms with Crippen LogP contribution in [0, 0.1) is 28.4 Å². The van der Waals surface area contributed by atoms with Gasteiger partial charge in [-0.2, -0.15) is 13.7 Å². The Morgan fingerprint density at radius 3 is 2.59 bits per heavy atom. The van der Waals surface area contributed by atoms with Gasteiger partial charge < -0.3 is 4.18 Å². The van der Waals surface area contributed by atoms with Crippen molar-refractivity contribution in [3.63, 3.8) is 0 Å². The van der Waals surface area contributed by atoms with E-state index in [9.17, 15) is 18.5 Å². The van der Waals surface area contributed by atoms with Crippen molar-refractivity contribution >= 4 is 15.8 Å². The molecule has 2 aromatic rings. The van der Waals surface area contributed by atoms with Crippen LogP contribution >= 0.6 is 0 Å². The summed E-state index contributed by atoms with van der Waals surface area (Å²) in [6.07, 6.45) is 0. The lowest BCUT2D eigenvalue weighted by molar-refractivity contribution is -0.385. The number of nitro benzene ring substituents is 1. The largest absolute Gasteiger partial charge is 0.372 e. The third-order valence-corrected chi connectivity index (χ3v) is 3.99. The van der Waals surface area contributed by atoms with Crippen molar-refractivity contribution in [1.82, 2.24) is 0 Å². The Kier molecular flexibility index (Phi) is 4.10. The summed E-state index contributed by atoms with van der Waals surface area (Å²) in [5.74, 6) is -0.377. The van der Waals surface area contributed by atoms with E-state index >= 15 is 0 Å². The van der Waals surface area contributed by atoms with E-state index in [1.807, 2.05) is 6.07 Å². The van der Waals surface area contributed by atoms with Crippen molar-refractivity contribution in [2.24, 2.45) is 0 Å². The summed E-state index contributed by atoms with van der Waals surface area (Å²) in [5.41, 5.74) is 0.297. The summed E-state index contributed by atoms with van der Waals surface area (Å²) in [6.45, 7) is 1.64. The second-order valence-electron chi connectivity index (χ2n) is 4.41. The molecule has 0 saturated carbocycles. The van der Waals surface area contributed by atoms with Gasteiger partial charge in [-0.05, 0) is 36.8 Å². The topological polar surface area (TPSA) is 110 Å². The zero-order valence-corrected chi connectivity index (χ0v) is 12.2. The third-order valence-electron chi connectivity index (χ3n) is 2.76. The normalized spacial score (nSPS) is 10.7. The fourth-order valence-corrected chi connectivity index (χ4v) is 2.72. The van der Waals surface area contributed by atoms with Crippen molar-refractivity contribution in [2.75, 3.05) is 0 Å². The first-order valence-electron chi connectivity index (χ1n) is 6.03. The second kappa shape index (κ2) is 5.83. The van der Waals surface area contributed by atoms with Gasteiger partial charge in [0.15, 0.2) is 0 Å². The fourth-order valence-electron chi connectivity index (χ4n) is 1.73. The van der Waals surface area contributed by atoms with Crippen LogP contribution in [0.15, 0.2) is 47.4 Å². The predicted octanol–water partition coefficient (Wildman–Crippen LogP) is 2.54. The van der Waals surface area contributed by atoms with E-state index in [1.54, 1.807) is 6.92 Å². The molecule has 2 rings (SSSR count). The summed E-state index contributed by atoms with van der Waals surface area (Å²) in [5, 5.41) is 19.8. The van der Waals surface area contributed by atoms with Crippen LogP contribution in [0.5, 0.6) is 5.75 Å².